The lowest BCUT2D eigenvalue weighted by atomic mass is 9.88. The Morgan fingerprint density at radius 1 is 1.15 bits per heavy atom. The number of amides is 1. The van der Waals surface area contributed by atoms with E-state index in [9.17, 15) is 14.3 Å². The molecule has 2 aromatic carbocycles. The van der Waals surface area contributed by atoms with Crippen molar-refractivity contribution in [3.8, 4) is 17.0 Å². The molecule has 1 aliphatic rings. The third-order valence-corrected chi connectivity index (χ3v) is 6.55. The van der Waals surface area contributed by atoms with E-state index in [0.29, 0.717) is 35.0 Å². The van der Waals surface area contributed by atoms with Crippen LogP contribution < -0.4 is 16.0 Å². The minimum Gasteiger partial charge on any atom is -0.507 e. The molecule has 0 saturated heterocycles. The van der Waals surface area contributed by atoms with Gasteiger partial charge in [0.1, 0.15) is 17.4 Å². The Morgan fingerprint density at radius 2 is 1.91 bits per heavy atom. The molecular formula is C27H31FN4O2. The highest BCUT2D eigenvalue weighted by Gasteiger charge is 2.21. The number of carbonyl (C=O) groups excluding carboxylic acids is 1. The van der Waals surface area contributed by atoms with E-state index in [1.807, 2.05) is 19.1 Å². The number of anilines is 3. The number of pyridine rings is 1. The summed E-state index contributed by atoms with van der Waals surface area (Å²) in [5, 5.41) is 13.5. The van der Waals surface area contributed by atoms with Crippen molar-refractivity contribution in [1.82, 2.24) is 10.3 Å². The molecule has 1 saturated carbocycles. The lowest BCUT2D eigenvalue weighted by molar-refractivity contribution is -0.126. The second kappa shape index (κ2) is 10.1. The van der Waals surface area contributed by atoms with Gasteiger partial charge in [0, 0.05) is 36.3 Å². The molecule has 1 heterocycles. The first-order valence-corrected chi connectivity index (χ1v) is 11.7. The minimum absolute atomic E-state index is 0.0479. The third kappa shape index (κ3) is 5.14. The SMILES string of the molecule is Cc1ccc(N(C)c2ccc(O)c(-c3ccc(CNC(=O)C4CCCCC4)c(N)n3)c2)c(F)c1. The average Bonchev–Trinajstić information content (AvgIpc) is 2.83. The van der Waals surface area contributed by atoms with E-state index < -0.39 is 0 Å². The number of aryl methyl sites for hydroxylation is 1. The van der Waals surface area contributed by atoms with Gasteiger partial charge in [0.25, 0.3) is 0 Å². The number of benzene rings is 2. The van der Waals surface area contributed by atoms with Crippen molar-refractivity contribution >= 4 is 23.1 Å². The molecule has 4 rings (SSSR count). The van der Waals surface area contributed by atoms with Crippen LogP contribution >= 0.6 is 0 Å². The summed E-state index contributed by atoms with van der Waals surface area (Å²) in [4.78, 5) is 18.6. The zero-order chi connectivity index (χ0) is 24.2. The van der Waals surface area contributed by atoms with E-state index in [0.717, 1.165) is 36.8 Å². The molecule has 178 valence electrons. The number of phenols is 1. The van der Waals surface area contributed by atoms with E-state index in [-0.39, 0.29) is 23.4 Å². The molecule has 0 radical (unpaired) electrons. The normalized spacial score (nSPS) is 14.1. The van der Waals surface area contributed by atoms with Gasteiger partial charge in [-0.05, 0) is 61.7 Å². The molecule has 1 aromatic heterocycles. The Balaban J connectivity index is 1.52. The predicted molar refractivity (Wildman–Crippen MR) is 133 cm³/mol. The molecule has 6 nitrogen and oxygen atoms in total. The molecule has 1 amide bonds. The first-order chi connectivity index (χ1) is 16.3. The third-order valence-electron chi connectivity index (χ3n) is 6.55. The molecule has 7 heteroatoms. The van der Waals surface area contributed by atoms with E-state index in [2.05, 4.69) is 10.3 Å². The maximum atomic E-state index is 14.5. The number of phenolic OH excluding ortho intramolecular Hbond substituents is 1. The van der Waals surface area contributed by atoms with Crippen LogP contribution in [0.3, 0.4) is 0 Å². The highest BCUT2D eigenvalue weighted by molar-refractivity contribution is 5.79. The van der Waals surface area contributed by atoms with E-state index in [1.165, 1.54) is 12.5 Å². The van der Waals surface area contributed by atoms with E-state index in [1.54, 1.807) is 42.3 Å². The second-order valence-corrected chi connectivity index (χ2v) is 9.01. The van der Waals surface area contributed by atoms with Crippen LogP contribution in [0.5, 0.6) is 5.75 Å². The van der Waals surface area contributed by atoms with Gasteiger partial charge in [0.05, 0.1) is 11.4 Å². The lowest BCUT2D eigenvalue weighted by Gasteiger charge is -2.22. The van der Waals surface area contributed by atoms with Crippen LogP contribution in [0.4, 0.5) is 21.6 Å². The molecule has 1 aliphatic carbocycles. The van der Waals surface area contributed by atoms with Crippen LogP contribution in [0.15, 0.2) is 48.5 Å². The number of hydrogen-bond acceptors (Lipinski definition) is 5. The number of hydrogen-bond donors (Lipinski definition) is 3. The van der Waals surface area contributed by atoms with Gasteiger partial charge in [-0.1, -0.05) is 31.4 Å². The summed E-state index contributed by atoms with van der Waals surface area (Å²) >= 11 is 0. The fourth-order valence-electron chi connectivity index (χ4n) is 4.46. The predicted octanol–water partition coefficient (Wildman–Crippen LogP) is 5.45. The fraction of sp³-hybridized carbons (Fsp3) is 0.333. The summed E-state index contributed by atoms with van der Waals surface area (Å²) in [7, 11) is 1.77. The Labute approximate surface area is 199 Å². The second-order valence-electron chi connectivity index (χ2n) is 9.01. The van der Waals surface area contributed by atoms with Crippen molar-refractivity contribution < 1.29 is 14.3 Å². The fourth-order valence-corrected chi connectivity index (χ4v) is 4.46. The maximum absolute atomic E-state index is 14.5. The Morgan fingerprint density at radius 3 is 2.62 bits per heavy atom. The van der Waals surface area contributed by atoms with Gasteiger partial charge in [-0.3, -0.25) is 4.79 Å². The number of nitrogen functional groups attached to an aromatic ring is 1. The molecule has 1 fully saturated rings. The maximum Gasteiger partial charge on any atom is 0.223 e. The quantitative estimate of drug-likeness (QED) is 0.453. The van der Waals surface area contributed by atoms with Crippen LogP contribution in [0.1, 0.15) is 43.2 Å². The van der Waals surface area contributed by atoms with Gasteiger partial charge < -0.3 is 21.1 Å². The van der Waals surface area contributed by atoms with Gasteiger partial charge in [-0.15, -0.1) is 0 Å². The van der Waals surface area contributed by atoms with Gasteiger partial charge in [-0.25, -0.2) is 9.37 Å². The summed E-state index contributed by atoms with van der Waals surface area (Å²) in [6.07, 6.45) is 5.28. The van der Waals surface area contributed by atoms with Crippen LogP contribution in [0, 0.1) is 18.7 Å². The molecule has 0 bridgehead atoms. The van der Waals surface area contributed by atoms with E-state index in [4.69, 9.17) is 5.73 Å². The lowest BCUT2D eigenvalue weighted by Crippen LogP contribution is -2.31. The summed E-state index contributed by atoms with van der Waals surface area (Å²) in [5.74, 6) is 0.173. The summed E-state index contributed by atoms with van der Waals surface area (Å²) in [6.45, 7) is 2.16. The zero-order valence-electron chi connectivity index (χ0n) is 19.6. The summed E-state index contributed by atoms with van der Waals surface area (Å²) in [6, 6.07) is 13.7. The summed E-state index contributed by atoms with van der Waals surface area (Å²) < 4.78 is 14.5. The Kier molecular flexibility index (Phi) is 7.01. The number of carbonyl (C=O) groups is 1. The smallest absolute Gasteiger partial charge is 0.223 e. The topological polar surface area (TPSA) is 91.5 Å². The first-order valence-electron chi connectivity index (χ1n) is 11.7. The van der Waals surface area contributed by atoms with Crippen LogP contribution in [0.2, 0.25) is 0 Å². The zero-order valence-corrected chi connectivity index (χ0v) is 19.6. The Hall–Kier alpha value is -3.61. The van der Waals surface area contributed by atoms with Gasteiger partial charge >= 0.3 is 0 Å². The molecular weight excluding hydrogens is 431 g/mol. The molecule has 34 heavy (non-hydrogen) atoms. The number of aromatic hydroxyl groups is 1. The van der Waals surface area contributed by atoms with Crippen molar-refractivity contribution in [3.05, 3.63) is 65.5 Å². The molecule has 4 N–H and O–H groups in total. The largest absolute Gasteiger partial charge is 0.507 e. The number of aromatic nitrogens is 1. The minimum atomic E-state index is -0.320. The highest BCUT2D eigenvalue weighted by atomic mass is 19.1. The molecule has 3 aromatic rings. The van der Waals surface area contributed by atoms with Gasteiger partial charge in [0.2, 0.25) is 5.91 Å². The van der Waals surface area contributed by atoms with Crippen molar-refractivity contribution in [2.45, 2.75) is 45.6 Å². The van der Waals surface area contributed by atoms with Crippen molar-refractivity contribution in [2.24, 2.45) is 5.92 Å². The monoisotopic (exact) mass is 462 g/mol. The number of halogens is 1. The van der Waals surface area contributed by atoms with Crippen LogP contribution in [-0.2, 0) is 11.3 Å². The van der Waals surface area contributed by atoms with E-state index >= 15 is 0 Å². The molecule has 0 aliphatic heterocycles. The molecule has 0 unspecified atom stereocenters. The average molecular weight is 463 g/mol. The Bertz CT molecular complexity index is 1190. The summed E-state index contributed by atoms with van der Waals surface area (Å²) in [5.41, 5.74) is 9.87. The van der Waals surface area contributed by atoms with Crippen molar-refractivity contribution in [2.75, 3.05) is 17.7 Å². The van der Waals surface area contributed by atoms with Gasteiger partial charge in [-0.2, -0.15) is 0 Å². The van der Waals surface area contributed by atoms with Crippen molar-refractivity contribution in [3.63, 3.8) is 0 Å². The van der Waals surface area contributed by atoms with Crippen LogP contribution in [0.25, 0.3) is 11.3 Å². The molecule has 0 atom stereocenters. The van der Waals surface area contributed by atoms with Gasteiger partial charge in [0.15, 0.2) is 0 Å². The molecule has 0 spiro atoms. The number of nitrogens with zero attached hydrogens (tertiary/aromatic N) is 2. The number of rotatable bonds is 6. The van der Waals surface area contributed by atoms with Crippen molar-refractivity contribution in [1.29, 1.82) is 0 Å². The number of nitrogens with two attached hydrogens (primary N) is 1. The first kappa shape index (κ1) is 23.5. The highest BCUT2D eigenvalue weighted by Crippen LogP contribution is 2.35. The standard InChI is InChI=1S/C27H31FN4O2/c1-17-8-12-24(22(28)14-17)32(2)20-10-13-25(33)21(15-20)23-11-9-19(26(29)31-23)16-30-27(34)18-6-4-3-5-7-18/h8-15,18,33H,3-7,16H2,1-2H3,(H2,29,31)(H,30,34). The van der Waals surface area contributed by atoms with Crippen LogP contribution in [-0.4, -0.2) is 23.0 Å². The number of nitrogens with one attached hydrogen (secondary N) is 1.